The van der Waals surface area contributed by atoms with Crippen LogP contribution in [0.3, 0.4) is 0 Å². The zero-order chi connectivity index (χ0) is 15.6. The van der Waals surface area contributed by atoms with Crippen LogP contribution in [-0.2, 0) is 13.1 Å². The number of aromatic nitrogens is 2. The standard InChI is InChI=1S/C14H14BrCl2N3O/c1-3-20-7-11(15)13(18-20)8-19(2)14(21)10-5-4-9(16)6-12(10)17/h4-7H,3,8H2,1-2H3. The molecule has 0 fully saturated rings. The van der Waals surface area contributed by atoms with Gasteiger partial charge in [0.2, 0.25) is 0 Å². The molecule has 4 nitrogen and oxygen atoms in total. The summed E-state index contributed by atoms with van der Waals surface area (Å²) in [6.45, 7) is 3.18. The summed E-state index contributed by atoms with van der Waals surface area (Å²) >= 11 is 15.4. The molecule has 1 aromatic heterocycles. The summed E-state index contributed by atoms with van der Waals surface area (Å²) in [6, 6.07) is 4.84. The molecule has 0 spiro atoms. The van der Waals surface area contributed by atoms with Crippen molar-refractivity contribution in [2.24, 2.45) is 0 Å². The fraction of sp³-hybridized carbons (Fsp3) is 0.286. The minimum atomic E-state index is -0.172. The molecule has 0 aliphatic heterocycles. The Hall–Kier alpha value is -1.04. The van der Waals surface area contributed by atoms with E-state index in [0.717, 1.165) is 16.7 Å². The number of aryl methyl sites for hydroxylation is 1. The van der Waals surface area contributed by atoms with Crippen molar-refractivity contribution >= 4 is 45.0 Å². The second kappa shape index (κ2) is 6.81. The van der Waals surface area contributed by atoms with E-state index in [1.807, 2.05) is 17.8 Å². The Kier molecular flexibility index (Phi) is 5.30. The van der Waals surface area contributed by atoms with E-state index in [-0.39, 0.29) is 5.91 Å². The van der Waals surface area contributed by atoms with E-state index in [4.69, 9.17) is 23.2 Å². The zero-order valence-corrected chi connectivity index (χ0v) is 14.7. The van der Waals surface area contributed by atoms with Crippen LogP contribution in [0.5, 0.6) is 0 Å². The van der Waals surface area contributed by atoms with Crippen LogP contribution < -0.4 is 0 Å². The number of carbonyl (C=O) groups is 1. The van der Waals surface area contributed by atoms with Gasteiger partial charge in [0, 0.05) is 24.8 Å². The lowest BCUT2D eigenvalue weighted by atomic mass is 10.2. The van der Waals surface area contributed by atoms with Gasteiger partial charge in [0.15, 0.2) is 0 Å². The number of hydrogen-bond donors (Lipinski definition) is 0. The van der Waals surface area contributed by atoms with Crippen molar-refractivity contribution in [3.63, 3.8) is 0 Å². The van der Waals surface area contributed by atoms with Crippen LogP contribution in [0.4, 0.5) is 0 Å². The molecule has 1 amide bonds. The molecule has 0 saturated heterocycles. The number of halogens is 3. The number of amides is 1. The van der Waals surface area contributed by atoms with E-state index in [2.05, 4.69) is 21.0 Å². The second-order valence-electron chi connectivity index (χ2n) is 4.56. The predicted molar refractivity (Wildman–Crippen MR) is 87.9 cm³/mol. The third kappa shape index (κ3) is 3.78. The molecule has 21 heavy (non-hydrogen) atoms. The van der Waals surface area contributed by atoms with Crippen LogP contribution in [0, 0.1) is 0 Å². The van der Waals surface area contributed by atoms with Crippen LogP contribution in [0.1, 0.15) is 23.0 Å². The average Bonchev–Trinajstić information content (AvgIpc) is 2.78. The van der Waals surface area contributed by atoms with Gasteiger partial charge in [-0.2, -0.15) is 5.10 Å². The van der Waals surface area contributed by atoms with Crippen LogP contribution in [0.15, 0.2) is 28.9 Å². The molecule has 0 N–H and O–H groups in total. The molecule has 0 saturated carbocycles. The Bertz CT molecular complexity index is 672. The highest BCUT2D eigenvalue weighted by Crippen LogP contribution is 2.23. The highest BCUT2D eigenvalue weighted by molar-refractivity contribution is 9.10. The Labute approximate surface area is 141 Å². The van der Waals surface area contributed by atoms with Gasteiger partial charge in [-0.15, -0.1) is 0 Å². The lowest BCUT2D eigenvalue weighted by molar-refractivity contribution is 0.0783. The van der Waals surface area contributed by atoms with E-state index in [0.29, 0.717) is 22.2 Å². The Balaban J connectivity index is 2.17. The number of carbonyl (C=O) groups excluding carboxylic acids is 1. The van der Waals surface area contributed by atoms with E-state index in [1.54, 1.807) is 30.1 Å². The van der Waals surface area contributed by atoms with Crippen LogP contribution in [0.2, 0.25) is 10.0 Å². The fourth-order valence-electron chi connectivity index (χ4n) is 1.87. The van der Waals surface area contributed by atoms with E-state index in [9.17, 15) is 4.79 Å². The van der Waals surface area contributed by atoms with Crippen LogP contribution in [0.25, 0.3) is 0 Å². The van der Waals surface area contributed by atoms with Gasteiger partial charge >= 0.3 is 0 Å². The minimum absolute atomic E-state index is 0.172. The number of rotatable bonds is 4. The number of nitrogens with zero attached hydrogens (tertiary/aromatic N) is 3. The highest BCUT2D eigenvalue weighted by atomic mass is 79.9. The normalized spacial score (nSPS) is 10.7. The largest absolute Gasteiger partial charge is 0.336 e. The Morgan fingerprint density at radius 1 is 1.43 bits per heavy atom. The molecule has 0 aliphatic carbocycles. The topological polar surface area (TPSA) is 38.1 Å². The average molecular weight is 391 g/mol. The second-order valence-corrected chi connectivity index (χ2v) is 6.26. The van der Waals surface area contributed by atoms with Gasteiger partial charge in [0.25, 0.3) is 5.91 Å². The van der Waals surface area contributed by atoms with Crippen molar-refractivity contribution in [1.82, 2.24) is 14.7 Å². The first kappa shape index (κ1) is 16.3. The molecule has 0 atom stereocenters. The van der Waals surface area contributed by atoms with Crippen LogP contribution in [-0.4, -0.2) is 27.6 Å². The van der Waals surface area contributed by atoms with Crippen molar-refractivity contribution in [3.8, 4) is 0 Å². The molecule has 7 heteroatoms. The quantitative estimate of drug-likeness (QED) is 0.782. The SMILES string of the molecule is CCn1cc(Br)c(CN(C)C(=O)c2ccc(Cl)cc2Cl)n1. The molecule has 2 aromatic rings. The van der Waals surface area contributed by atoms with Gasteiger partial charge in [-0.05, 0) is 41.1 Å². The smallest absolute Gasteiger partial charge is 0.255 e. The van der Waals surface area contributed by atoms with Gasteiger partial charge in [-0.1, -0.05) is 23.2 Å². The van der Waals surface area contributed by atoms with Gasteiger partial charge in [-0.3, -0.25) is 9.48 Å². The molecule has 112 valence electrons. The minimum Gasteiger partial charge on any atom is -0.336 e. The van der Waals surface area contributed by atoms with Gasteiger partial charge < -0.3 is 4.90 Å². The van der Waals surface area contributed by atoms with Gasteiger partial charge in [0.05, 0.1) is 27.3 Å². The van der Waals surface area contributed by atoms with Crippen molar-refractivity contribution in [3.05, 3.63) is 50.2 Å². The zero-order valence-electron chi connectivity index (χ0n) is 11.6. The third-order valence-electron chi connectivity index (χ3n) is 3.01. The van der Waals surface area contributed by atoms with E-state index in [1.165, 1.54) is 0 Å². The first-order valence-corrected chi connectivity index (χ1v) is 7.89. The lowest BCUT2D eigenvalue weighted by Crippen LogP contribution is -2.26. The molecule has 0 bridgehead atoms. The van der Waals surface area contributed by atoms with E-state index < -0.39 is 0 Å². The Morgan fingerprint density at radius 2 is 2.14 bits per heavy atom. The van der Waals surface area contributed by atoms with E-state index >= 15 is 0 Å². The van der Waals surface area contributed by atoms with Crippen molar-refractivity contribution in [2.75, 3.05) is 7.05 Å². The van der Waals surface area contributed by atoms with Gasteiger partial charge in [-0.25, -0.2) is 0 Å². The molecule has 2 rings (SSSR count). The summed E-state index contributed by atoms with van der Waals surface area (Å²) < 4.78 is 2.69. The van der Waals surface area contributed by atoms with Gasteiger partial charge in [0.1, 0.15) is 0 Å². The summed E-state index contributed by atoms with van der Waals surface area (Å²) in [4.78, 5) is 14.0. The molecule has 1 heterocycles. The monoisotopic (exact) mass is 389 g/mol. The first-order valence-electron chi connectivity index (χ1n) is 6.34. The van der Waals surface area contributed by atoms with Crippen molar-refractivity contribution in [2.45, 2.75) is 20.0 Å². The summed E-state index contributed by atoms with van der Waals surface area (Å²) in [5.41, 5.74) is 1.23. The highest BCUT2D eigenvalue weighted by Gasteiger charge is 2.18. The van der Waals surface area contributed by atoms with Crippen LogP contribution >= 0.6 is 39.1 Å². The summed E-state index contributed by atoms with van der Waals surface area (Å²) in [5.74, 6) is -0.172. The summed E-state index contributed by atoms with van der Waals surface area (Å²) in [7, 11) is 1.71. The van der Waals surface area contributed by atoms with Crippen molar-refractivity contribution in [1.29, 1.82) is 0 Å². The number of hydrogen-bond acceptors (Lipinski definition) is 2. The Morgan fingerprint density at radius 3 is 2.71 bits per heavy atom. The summed E-state index contributed by atoms with van der Waals surface area (Å²) in [5, 5.41) is 5.25. The molecule has 0 aliphatic rings. The maximum Gasteiger partial charge on any atom is 0.255 e. The molecule has 0 radical (unpaired) electrons. The molecule has 0 unspecified atom stereocenters. The molecular weight excluding hydrogens is 377 g/mol. The third-order valence-corrected chi connectivity index (χ3v) is 4.22. The molecule has 1 aromatic carbocycles. The summed E-state index contributed by atoms with van der Waals surface area (Å²) in [6.07, 6.45) is 1.89. The molecular formula is C14H14BrCl2N3O. The maximum absolute atomic E-state index is 12.4. The first-order chi connectivity index (χ1) is 9.92. The van der Waals surface area contributed by atoms with Crippen molar-refractivity contribution < 1.29 is 4.79 Å². The maximum atomic E-state index is 12.4. The predicted octanol–water partition coefficient (Wildman–Crippen LogP) is 4.24. The lowest BCUT2D eigenvalue weighted by Gasteiger charge is -2.17. The fourth-order valence-corrected chi connectivity index (χ4v) is 2.80. The number of benzene rings is 1.